The fraction of sp³-hybridized carbons (Fsp3) is 0.462. The Balaban J connectivity index is 2.06. The number of phenolic OH excluding ortho intramolecular Hbond substituents is 1. The molecule has 1 aliphatic carbocycles. The van der Waals surface area contributed by atoms with Crippen molar-refractivity contribution in [2.24, 2.45) is 0 Å². The molecule has 3 nitrogen and oxygen atoms in total. The number of hydrogen-bond donors (Lipinski definition) is 2. The summed E-state index contributed by atoms with van der Waals surface area (Å²) in [6, 6.07) is 6.92. The average molecular weight is 220 g/mol. The third-order valence-corrected chi connectivity index (χ3v) is 3.18. The third-order valence-electron chi connectivity index (χ3n) is 3.18. The van der Waals surface area contributed by atoms with Gasteiger partial charge in [0, 0.05) is 19.3 Å². The fourth-order valence-electron chi connectivity index (χ4n) is 2.22. The molecule has 2 rings (SSSR count). The highest BCUT2D eigenvalue weighted by atomic mass is 16.3. The van der Waals surface area contributed by atoms with Crippen LogP contribution >= 0.6 is 0 Å². The van der Waals surface area contributed by atoms with Gasteiger partial charge in [-0.05, 0) is 30.5 Å². The molecule has 0 saturated heterocycles. The van der Waals surface area contributed by atoms with E-state index in [9.17, 15) is 15.0 Å². The first-order chi connectivity index (χ1) is 7.57. The zero-order chi connectivity index (χ0) is 11.6. The van der Waals surface area contributed by atoms with E-state index in [0.717, 1.165) is 5.56 Å². The number of benzene rings is 1. The van der Waals surface area contributed by atoms with Gasteiger partial charge in [0.05, 0.1) is 5.60 Å². The van der Waals surface area contributed by atoms with Gasteiger partial charge in [-0.25, -0.2) is 0 Å². The van der Waals surface area contributed by atoms with Crippen LogP contribution in [0.5, 0.6) is 5.75 Å². The van der Waals surface area contributed by atoms with Crippen LogP contribution in [0, 0.1) is 0 Å². The number of ketones is 1. The topological polar surface area (TPSA) is 57.5 Å². The van der Waals surface area contributed by atoms with Gasteiger partial charge in [0.2, 0.25) is 0 Å². The Morgan fingerprint density at radius 3 is 2.56 bits per heavy atom. The highest BCUT2D eigenvalue weighted by molar-refractivity contribution is 5.79. The lowest BCUT2D eigenvalue weighted by Crippen LogP contribution is -2.36. The molecule has 0 atom stereocenters. The molecule has 0 spiro atoms. The summed E-state index contributed by atoms with van der Waals surface area (Å²) >= 11 is 0. The first-order valence-corrected chi connectivity index (χ1v) is 5.59. The van der Waals surface area contributed by atoms with E-state index >= 15 is 0 Å². The molecule has 0 bridgehead atoms. The van der Waals surface area contributed by atoms with Crippen molar-refractivity contribution in [2.45, 2.75) is 37.7 Å². The molecule has 3 heteroatoms. The van der Waals surface area contributed by atoms with E-state index in [-0.39, 0.29) is 11.5 Å². The molecule has 1 saturated carbocycles. The number of hydrogen-bond acceptors (Lipinski definition) is 3. The van der Waals surface area contributed by atoms with Crippen molar-refractivity contribution < 1.29 is 15.0 Å². The van der Waals surface area contributed by atoms with Crippen molar-refractivity contribution >= 4 is 5.78 Å². The van der Waals surface area contributed by atoms with Crippen molar-refractivity contribution in [3.63, 3.8) is 0 Å². The molecule has 0 amide bonds. The molecule has 2 N–H and O–H groups in total. The summed E-state index contributed by atoms with van der Waals surface area (Å²) in [5.74, 6) is 0.452. The highest BCUT2D eigenvalue weighted by Crippen LogP contribution is 2.30. The third kappa shape index (κ3) is 2.61. The van der Waals surface area contributed by atoms with E-state index in [0.29, 0.717) is 32.1 Å². The van der Waals surface area contributed by atoms with Gasteiger partial charge >= 0.3 is 0 Å². The number of carbonyl (C=O) groups is 1. The number of Topliss-reactive ketones (excluding diaryl/α,β-unsaturated/α-hetero) is 1. The van der Waals surface area contributed by atoms with Crippen LogP contribution in [0.15, 0.2) is 24.3 Å². The van der Waals surface area contributed by atoms with Crippen molar-refractivity contribution in [3.8, 4) is 5.75 Å². The van der Waals surface area contributed by atoms with Crippen LogP contribution in [0.4, 0.5) is 0 Å². The molecular weight excluding hydrogens is 204 g/mol. The van der Waals surface area contributed by atoms with Gasteiger partial charge < -0.3 is 10.2 Å². The Morgan fingerprint density at radius 2 is 1.94 bits per heavy atom. The Labute approximate surface area is 94.7 Å². The van der Waals surface area contributed by atoms with Crippen molar-refractivity contribution in [3.05, 3.63) is 29.8 Å². The molecule has 1 aliphatic rings. The van der Waals surface area contributed by atoms with Crippen molar-refractivity contribution in [1.82, 2.24) is 0 Å². The zero-order valence-electron chi connectivity index (χ0n) is 9.15. The van der Waals surface area contributed by atoms with E-state index in [2.05, 4.69) is 0 Å². The minimum atomic E-state index is -0.776. The number of phenols is 1. The maximum atomic E-state index is 11.1. The van der Waals surface area contributed by atoms with E-state index in [1.807, 2.05) is 6.07 Å². The van der Waals surface area contributed by atoms with Crippen molar-refractivity contribution in [1.29, 1.82) is 0 Å². The molecule has 86 valence electrons. The minimum absolute atomic E-state index is 0.216. The standard InChI is InChI=1S/C13H16O3/c14-11-4-6-13(16,7-5-11)9-10-2-1-3-12(15)8-10/h1-3,8,15-16H,4-7,9H2. The van der Waals surface area contributed by atoms with Crippen molar-refractivity contribution in [2.75, 3.05) is 0 Å². The Kier molecular flexibility index (Phi) is 2.97. The van der Waals surface area contributed by atoms with Gasteiger partial charge in [0.15, 0.2) is 0 Å². The number of carbonyl (C=O) groups excluding carboxylic acids is 1. The predicted octanol–water partition coefficient (Wildman–Crippen LogP) is 1.81. The van der Waals surface area contributed by atoms with Crippen LogP contribution in [0.3, 0.4) is 0 Å². The highest BCUT2D eigenvalue weighted by Gasteiger charge is 2.32. The Bertz CT molecular complexity index is 388. The lowest BCUT2D eigenvalue weighted by molar-refractivity contribution is -0.125. The monoisotopic (exact) mass is 220 g/mol. The van der Waals surface area contributed by atoms with Crippen LogP contribution in [0.2, 0.25) is 0 Å². The van der Waals surface area contributed by atoms with E-state index in [1.54, 1.807) is 18.2 Å². The normalized spacial score (nSPS) is 19.7. The van der Waals surface area contributed by atoms with Crippen LogP contribution in [0.25, 0.3) is 0 Å². The molecule has 0 aromatic heterocycles. The summed E-state index contributed by atoms with van der Waals surface area (Å²) in [6.07, 6.45) is 2.50. The second kappa shape index (κ2) is 4.26. The molecule has 0 aliphatic heterocycles. The summed E-state index contributed by atoms with van der Waals surface area (Å²) < 4.78 is 0. The summed E-state index contributed by atoms with van der Waals surface area (Å²) in [6.45, 7) is 0. The number of rotatable bonds is 2. The molecule has 0 heterocycles. The van der Waals surface area contributed by atoms with E-state index < -0.39 is 5.60 Å². The Hall–Kier alpha value is -1.35. The smallest absolute Gasteiger partial charge is 0.133 e. The fourth-order valence-corrected chi connectivity index (χ4v) is 2.22. The van der Waals surface area contributed by atoms with Gasteiger partial charge in [0.1, 0.15) is 11.5 Å². The molecule has 1 aromatic rings. The van der Waals surface area contributed by atoms with Gasteiger partial charge in [-0.3, -0.25) is 4.79 Å². The maximum absolute atomic E-state index is 11.1. The second-order valence-electron chi connectivity index (χ2n) is 4.61. The van der Waals surface area contributed by atoms with Crippen LogP contribution in [0.1, 0.15) is 31.2 Å². The van der Waals surface area contributed by atoms with Crippen LogP contribution in [-0.2, 0) is 11.2 Å². The largest absolute Gasteiger partial charge is 0.508 e. The summed E-state index contributed by atoms with van der Waals surface area (Å²) in [4.78, 5) is 11.1. The first kappa shape index (κ1) is 11.1. The van der Waals surface area contributed by atoms with Gasteiger partial charge in [0.25, 0.3) is 0 Å². The predicted molar refractivity (Wildman–Crippen MR) is 60.2 cm³/mol. The molecule has 0 unspecified atom stereocenters. The molecule has 16 heavy (non-hydrogen) atoms. The summed E-state index contributed by atoms with van der Waals surface area (Å²) in [7, 11) is 0. The van der Waals surface area contributed by atoms with Crippen LogP contribution < -0.4 is 0 Å². The van der Waals surface area contributed by atoms with Gasteiger partial charge in [-0.2, -0.15) is 0 Å². The van der Waals surface area contributed by atoms with Gasteiger partial charge in [-0.15, -0.1) is 0 Å². The summed E-state index contributed by atoms with van der Waals surface area (Å²) in [5, 5.41) is 19.6. The molecule has 1 aromatic carbocycles. The molecule has 0 radical (unpaired) electrons. The second-order valence-corrected chi connectivity index (χ2v) is 4.61. The number of aliphatic hydroxyl groups is 1. The zero-order valence-corrected chi connectivity index (χ0v) is 9.15. The lowest BCUT2D eigenvalue weighted by Gasteiger charge is -2.31. The average Bonchev–Trinajstić information content (AvgIpc) is 2.23. The van der Waals surface area contributed by atoms with E-state index in [4.69, 9.17) is 0 Å². The SMILES string of the molecule is O=C1CCC(O)(Cc2cccc(O)c2)CC1. The maximum Gasteiger partial charge on any atom is 0.133 e. The minimum Gasteiger partial charge on any atom is -0.508 e. The molecular formula is C13H16O3. The van der Waals surface area contributed by atoms with Crippen LogP contribution in [-0.4, -0.2) is 21.6 Å². The Morgan fingerprint density at radius 1 is 1.25 bits per heavy atom. The van der Waals surface area contributed by atoms with E-state index in [1.165, 1.54) is 0 Å². The quantitative estimate of drug-likeness (QED) is 0.799. The first-order valence-electron chi connectivity index (χ1n) is 5.59. The van der Waals surface area contributed by atoms with Gasteiger partial charge in [-0.1, -0.05) is 12.1 Å². The lowest BCUT2D eigenvalue weighted by atomic mass is 9.80. The summed E-state index contributed by atoms with van der Waals surface area (Å²) in [5.41, 5.74) is 0.138. The number of aromatic hydroxyl groups is 1. The molecule has 1 fully saturated rings.